The molecule has 0 aliphatic rings. The van der Waals surface area contributed by atoms with Crippen LogP contribution in [-0.4, -0.2) is 9.94 Å². The molecule has 0 spiro atoms. The van der Waals surface area contributed by atoms with Crippen molar-refractivity contribution >= 4 is 0 Å². The van der Waals surface area contributed by atoms with Gasteiger partial charge in [0.15, 0.2) is 5.43 Å². The summed E-state index contributed by atoms with van der Waals surface area (Å²) in [6.45, 7) is 11.8. The van der Waals surface area contributed by atoms with Crippen molar-refractivity contribution in [3.05, 3.63) is 45.5 Å². The number of hydrogen-bond donors (Lipinski definition) is 2. The molecule has 1 rings (SSSR count). The summed E-state index contributed by atoms with van der Waals surface area (Å²) in [6, 6.07) is 1.43. The van der Waals surface area contributed by atoms with Gasteiger partial charge in [0.05, 0.1) is 11.4 Å². The van der Waals surface area contributed by atoms with Crippen LogP contribution in [-0.2, 0) is 6.54 Å². The van der Waals surface area contributed by atoms with Crippen LogP contribution in [0.4, 0.5) is 0 Å². The van der Waals surface area contributed by atoms with Gasteiger partial charge in [-0.15, -0.1) is 0 Å². The van der Waals surface area contributed by atoms with E-state index in [0.29, 0.717) is 29.4 Å². The number of rotatable bonds is 4. The van der Waals surface area contributed by atoms with Crippen LogP contribution >= 0.6 is 0 Å². The predicted molar refractivity (Wildman–Crippen MR) is 68.2 cm³/mol. The molecule has 1 aromatic rings. The SMILES string of the molecule is C=C(NCc1c(C)n(O)c(C)cc1=O)C(C)C. The van der Waals surface area contributed by atoms with Gasteiger partial charge >= 0.3 is 0 Å². The topological polar surface area (TPSA) is 54.3 Å². The van der Waals surface area contributed by atoms with Crippen LogP contribution in [0, 0.1) is 19.8 Å². The first-order chi connectivity index (χ1) is 7.84. The summed E-state index contributed by atoms with van der Waals surface area (Å²) >= 11 is 0. The van der Waals surface area contributed by atoms with E-state index in [1.807, 2.05) is 13.8 Å². The monoisotopic (exact) mass is 236 g/mol. The molecule has 0 saturated heterocycles. The molecular formula is C13H20N2O2. The summed E-state index contributed by atoms with van der Waals surface area (Å²) in [7, 11) is 0. The Bertz CT molecular complexity index is 487. The van der Waals surface area contributed by atoms with E-state index in [4.69, 9.17) is 0 Å². The number of hydrogen-bond acceptors (Lipinski definition) is 3. The van der Waals surface area contributed by atoms with Gasteiger partial charge in [-0.3, -0.25) is 4.79 Å². The van der Waals surface area contributed by atoms with Crippen LogP contribution < -0.4 is 10.7 Å². The summed E-state index contributed by atoms with van der Waals surface area (Å²) in [6.07, 6.45) is 0. The minimum atomic E-state index is -0.0608. The standard InChI is InChI=1S/C13H20N2O2/c1-8(2)10(4)14-7-12-11(5)15(17)9(3)6-13(12)16/h6,8,14,17H,4,7H2,1-3,5H3. The largest absolute Gasteiger partial charge is 0.428 e. The van der Waals surface area contributed by atoms with Gasteiger partial charge in [-0.2, -0.15) is 4.73 Å². The minimum Gasteiger partial charge on any atom is -0.428 e. The van der Waals surface area contributed by atoms with Crippen LogP contribution in [0.1, 0.15) is 30.8 Å². The highest BCUT2D eigenvalue weighted by molar-refractivity contribution is 5.23. The van der Waals surface area contributed by atoms with Gasteiger partial charge in [0.1, 0.15) is 0 Å². The van der Waals surface area contributed by atoms with E-state index in [1.54, 1.807) is 13.8 Å². The fraction of sp³-hybridized carbons (Fsp3) is 0.462. The molecule has 0 unspecified atom stereocenters. The molecule has 0 fully saturated rings. The Balaban J connectivity index is 2.97. The molecule has 0 atom stereocenters. The molecule has 0 aliphatic carbocycles. The molecule has 0 aromatic carbocycles. The maximum absolute atomic E-state index is 11.8. The first kappa shape index (κ1) is 13.4. The van der Waals surface area contributed by atoms with E-state index in [-0.39, 0.29) is 5.43 Å². The van der Waals surface area contributed by atoms with Gasteiger partial charge in [0.25, 0.3) is 0 Å². The highest BCUT2D eigenvalue weighted by Crippen LogP contribution is 2.07. The molecule has 1 aromatic heterocycles. The predicted octanol–water partition coefficient (Wildman–Crippen LogP) is 1.96. The molecule has 0 bridgehead atoms. The van der Waals surface area contributed by atoms with Crippen molar-refractivity contribution in [3.8, 4) is 0 Å². The fourth-order valence-electron chi connectivity index (χ4n) is 1.53. The number of pyridine rings is 1. The Kier molecular flexibility index (Phi) is 3.99. The summed E-state index contributed by atoms with van der Waals surface area (Å²) < 4.78 is 1.04. The summed E-state index contributed by atoms with van der Waals surface area (Å²) in [4.78, 5) is 11.8. The van der Waals surface area contributed by atoms with E-state index in [0.717, 1.165) is 10.4 Å². The maximum Gasteiger partial charge on any atom is 0.187 e. The van der Waals surface area contributed by atoms with E-state index < -0.39 is 0 Å². The Labute approximate surface area is 102 Å². The minimum absolute atomic E-state index is 0.0608. The van der Waals surface area contributed by atoms with Gasteiger partial charge in [-0.05, 0) is 19.8 Å². The molecular weight excluding hydrogens is 216 g/mol. The quantitative estimate of drug-likeness (QED) is 0.786. The zero-order valence-electron chi connectivity index (χ0n) is 10.9. The maximum atomic E-state index is 11.8. The smallest absolute Gasteiger partial charge is 0.187 e. The zero-order valence-corrected chi connectivity index (χ0v) is 10.9. The zero-order chi connectivity index (χ0) is 13.2. The number of nitrogens with one attached hydrogen (secondary N) is 1. The van der Waals surface area contributed by atoms with Crippen LogP contribution in [0.3, 0.4) is 0 Å². The van der Waals surface area contributed by atoms with Crippen molar-refractivity contribution in [2.24, 2.45) is 5.92 Å². The second kappa shape index (κ2) is 5.08. The summed E-state index contributed by atoms with van der Waals surface area (Å²) in [5, 5.41) is 12.8. The van der Waals surface area contributed by atoms with Crippen LogP contribution in [0.25, 0.3) is 0 Å². The number of nitrogens with zero attached hydrogens (tertiary/aromatic N) is 1. The summed E-state index contributed by atoms with van der Waals surface area (Å²) in [5.41, 5.74) is 2.50. The highest BCUT2D eigenvalue weighted by atomic mass is 16.5. The number of aryl methyl sites for hydroxylation is 1. The number of aromatic nitrogens is 1. The Hall–Kier alpha value is -1.71. The second-order valence-corrected chi connectivity index (χ2v) is 4.56. The van der Waals surface area contributed by atoms with Crippen LogP contribution in [0.5, 0.6) is 0 Å². The molecule has 94 valence electrons. The molecule has 0 radical (unpaired) electrons. The van der Waals surface area contributed by atoms with E-state index in [9.17, 15) is 10.0 Å². The van der Waals surface area contributed by atoms with E-state index >= 15 is 0 Å². The third kappa shape index (κ3) is 2.90. The lowest BCUT2D eigenvalue weighted by Crippen LogP contribution is -2.24. The molecule has 4 heteroatoms. The normalized spacial score (nSPS) is 10.6. The second-order valence-electron chi connectivity index (χ2n) is 4.56. The van der Waals surface area contributed by atoms with Gasteiger partial charge in [-0.1, -0.05) is 20.4 Å². The van der Waals surface area contributed by atoms with E-state index in [1.165, 1.54) is 6.07 Å². The molecule has 4 nitrogen and oxygen atoms in total. The lowest BCUT2D eigenvalue weighted by molar-refractivity contribution is 0.169. The van der Waals surface area contributed by atoms with Crippen LogP contribution in [0.2, 0.25) is 0 Å². The molecule has 0 saturated carbocycles. The van der Waals surface area contributed by atoms with Crippen molar-refractivity contribution in [1.29, 1.82) is 0 Å². The first-order valence-corrected chi connectivity index (χ1v) is 5.68. The Morgan fingerprint density at radius 1 is 1.53 bits per heavy atom. The van der Waals surface area contributed by atoms with Gasteiger partial charge in [-0.25, -0.2) is 0 Å². The molecule has 1 heterocycles. The average Bonchev–Trinajstić information content (AvgIpc) is 2.25. The van der Waals surface area contributed by atoms with Crippen molar-refractivity contribution in [2.75, 3.05) is 0 Å². The van der Waals surface area contributed by atoms with Crippen molar-refractivity contribution in [1.82, 2.24) is 10.0 Å². The van der Waals surface area contributed by atoms with Gasteiger partial charge < -0.3 is 10.5 Å². The highest BCUT2D eigenvalue weighted by Gasteiger charge is 2.10. The molecule has 0 amide bonds. The number of allylic oxidation sites excluding steroid dienone is 1. The van der Waals surface area contributed by atoms with Crippen molar-refractivity contribution < 1.29 is 5.21 Å². The Morgan fingerprint density at radius 2 is 2.12 bits per heavy atom. The molecule has 2 N–H and O–H groups in total. The lowest BCUT2D eigenvalue weighted by atomic mass is 10.1. The third-order valence-corrected chi connectivity index (χ3v) is 2.92. The molecule has 0 aliphatic heterocycles. The average molecular weight is 236 g/mol. The fourth-order valence-corrected chi connectivity index (χ4v) is 1.53. The lowest BCUT2D eigenvalue weighted by Gasteiger charge is -2.15. The first-order valence-electron chi connectivity index (χ1n) is 5.68. The summed E-state index contributed by atoms with van der Waals surface area (Å²) in [5.74, 6) is 0.317. The van der Waals surface area contributed by atoms with Crippen LogP contribution in [0.15, 0.2) is 23.1 Å². The van der Waals surface area contributed by atoms with Crippen molar-refractivity contribution in [2.45, 2.75) is 34.2 Å². The van der Waals surface area contributed by atoms with Gasteiger partial charge in [0.2, 0.25) is 0 Å². The van der Waals surface area contributed by atoms with Crippen molar-refractivity contribution in [3.63, 3.8) is 0 Å². The van der Waals surface area contributed by atoms with E-state index in [2.05, 4.69) is 11.9 Å². The third-order valence-electron chi connectivity index (χ3n) is 2.92. The molecule has 17 heavy (non-hydrogen) atoms. The van der Waals surface area contributed by atoms with Gasteiger partial charge in [0, 0.05) is 23.9 Å². The Morgan fingerprint density at radius 3 is 2.65 bits per heavy atom.